The maximum absolute atomic E-state index is 12.5. The molecular weight excluding hydrogens is 368 g/mol. The highest BCUT2D eigenvalue weighted by Crippen LogP contribution is 2.15. The molecule has 3 aromatic rings. The van der Waals surface area contributed by atoms with Crippen LogP contribution in [-0.4, -0.2) is 24.9 Å². The molecule has 0 aliphatic carbocycles. The van der Waals surface area contributed by atoms with Crippen LogP contribution in [0.3, 0.4) is 0 Å². The molecule has 0 atom stereocenters. The Morgan fingerprint density at radius 3 is 1.86 bits per heavy atom. The van der Waals surface area contributed by atoms with E-state index in [4.69, 9.17) is 0 Å². The zero-order valence-corrected chi connectivity index (χ0v) is 16.1. The van der Waals surface area contributed by atoms with Gasteiger partial charge in [0, 0.05) is 22.5 Å². The molecule has 146 valence electrons. The van der Waals surface area contributed by atoms with Crippen molar-refractivity contribution in [3.05, 3.63) is 95.1 Å². The van der Waals surface area contributed by atoms with Gasteiger partial charge in [-0.1, -0.05) is 18.2 Å². The third kappa shape index (κ3) is 5.07. The second-order valence-corrected chi connectivity index (χ2v) is 6.43. The standard InChI is InChI=1S/C23H20N2O4/c1-15-5-3-8-20(13-15)25-22(27)18-7-4-6-17(14-18)21(26)24-19-11-9-16(10-12-19)23(28)29-2/h3-14H,1-2H3,(H,24,26)(H,25,27). The molecule has 0 fully saturated rings. The predicted molar refractivity (Wildman–Crippen MR) is 111 cm³/mol. The Morgan fingerprint density at radius 2 is 1.28 bits per heavy atom. The second kappa shape index (κ2) is 8.84. The first-order chi connectivity index (χ1) is 14.0. The summed E-state index contributed by atoms with van der Waals surface area (Å²) < 4.78 is 4.65. The van der Waals surface area contributed by atoms with Crippen LogP contribution in [0.1, 0.15) is 36.6 Å². The highest BCUT2D eigenvalue weighted by Gasteiger charge is 2.12. The number of amides is 2. The minimum absolute atomic E-state index is 0.298. The van der Waals surface area contributed by atoms with Crippen molar-refractivity contribution in [2.75, 3.05) is 17.7 Å². The van der Waals surface area contributed by atoms with Gasteiger partial charge in [0.1, 0.15) is 0 Å². The summed E-state index contributed by atoms with van der Waals surface area (Å²) in [5.74, 6) is -1.11. The van der Waals surface area contributed by atoms with Crippen molar-refractivity contribution in [2.45, 2.75) is 6.92 Å². The lowest BCUT2D eigenvalue weighted by molar-refractivity contribution is 0.0600. The van der Waals surface area contributed by atoms with Gasteiger partial charge in [-0.15, -0.1) is 0 Å². The van der Waals surface area contributed by atoms with Crippen LogP contribution >= 0.6 is 0 Å². The average Bonchev–Trinajstić information content (AvgIpc) is 2.74. The highest BCUT2D eigenvalue weighted by molar-refractivity contribution is 6.08. The molecular formula is C23H20N2O4. The highest BCUT2D eigenvalue weighted by atomic mass is 16.5. The van der Waals surface area contributed by atoms with Gasteiger partial charge in [0.15, 0.2) is 0 Å². The lowest BCUT2D eigenvalue weighted by atomic mass is 10.1. The van der Waals surface area contributed by atoms with Crippen LogP contribution in [0, 0.1) is 6.92 Å². The van der Waals surface area contributed by atoms with E-state index >= 15 is 0 Å². The minimum Gasteiger partial charge on any atom is -0.465 e. The summed E-state index contributed by atoms with van der Waals surface area (Å²) >= 11 is 0. The van der Waals surface area contributed by atoms with Crippen molar-refractivity contribution in [3.63, 3.8) is 0 Å². The number of benzene rings is 3. The van der Waals surface area contributed by atoms with E-state index in [1.807, 2.05) is 25.1 Å². The fraction of sp³-hybridized carbons (Fsp3) is 0.0870. The molecule has 0 aliphatic rings. The topological polar surface area (TPSA) is 84.5 Å². The lowest BCUT2D eigenvalue weighted by Crippen LogP contribution is -2.15. The third-order valence-electron chi connectivity index (χ3n) is 4.23. The smallest absolute Gasteiger partial charge is 0.337 e. The number of ether oxygens (including phenoxy) is 1. The summed E-state index contributed by atoms with van der Waals surface area (Å²) in [5.41, 5.74) is 3.36. The molecule has 2 amide bonds. The zero-order valence-electron chi connectivity index (χ0n) is 16.1. The van der Waals surface area contributed by atoms with Crippen molar-refractivity contribution in [1.29, 1.82) is 0 Å². The first-order valence-electron chi connectivity index (χ1n) is 8.94. The fourth-order valence-corrected chi connectivity index (χ4v) is 2.74. The van der Waals surface area contributed by atoms with E-state index in [0.29, 0.717) is 28.1 Å². The van der Waals surface area contributed by atoms with Gasteiger partial charge < -0.3 is 15.4 Å². The summed E-state index contributed by atoms with van der Waals surface area (Å²) in [7, 11) is 1.31. The number of carbonyl (C=O) groups excluding carboxylic acids is 3. The summed E-state index contributed by atoms with van der Waals surface area (Å²) in [6, 6.07) is 20.3. The molecule has 3 rings (SSSR count). The first kappa shape index (κ1) is 19.8. The molecule has 6 nitrogen and oxygen atoms in total. The molecule has 29 heavy (non-hydrogen) atoms. The van der Waals surface area contributed by atoms with E-state index < -0.39 is 5.97 Å². The SMILES string of the molecule is COC(=O)c1ccc(NC(=O)c2cccc(C(=O)Nc3cccc(C)c3)c2)cc1. The number of hydrogen-bond donors (Lipinski definition) is 2. The van der Waals surface area contributed by atoms with E-state index in [-0.39, 0.29) is 11.8 Å². The Balaban J connectivity index is 1.70. The summed E-state index contributed by atoms with van der Waals surface area (Å²) in [5, 5.41) is 5.57. The zero-order chi connectivity index (χ0) is 20.8. The van der Waals surface area contributed by atoms with Crippen LogP contribution in [-0.2, 0) is 4.74 Å². The Hall–Kier alpha value is -3.93. The number of rotatable bonds is 5. The molecule has 0 aromatic heterocycles. The molecule has 0 heterocycles. The van der Waals surface area contributed by atoms with Crippen LogP contribution < -0.4 is 10.6 Å². The van der Waals surface area contributed by atoms with Crippen LogP contribution in [0.2, 0.25) is 0 Å². The van der Waals surface area contributed by atoms with Crippen molar-refractivity contribution < 1.29 is 19.1 Å². The molecule has 3 aromatic carbocycles. The van der Waals surface area contributed by atoms with Gasteiger partial charge in [-0.2, -0.15) is 0 Å². The lowest BCUT2D eigenvalue weighted by Gasteiger charge is -2.09. The molecule has 2 N–H and O–H groups in total. The molecule has 0 bridgehead atoms. The molecule has 0 saturated carbocycles. The number of hydrogen-bond acceptors (Lipinski definition) is 4. The maximum Gasteiger partial charge on any atom is 0.337 e. The number of carbonyl (C=O) groups is 3. The number of anilines is 2. The summed E-state index contributed by atoms with van der Waals surface area (Å²) in [4.78, 5) is 36.5. The van der Waals surface area contributed by atoms with Crippen molar-refractivity contribution in [1.82, 2.24) is 0 Å². The van der Waals surface area contributed by atoms with Gasteiger partial charge in [0.2, 0.25) is 0 Å². The number of nitrogens with one attached hydrogen (secondary N) is 2. The average molecular weight is 388 g/mol. The Labute approximate surface area is 168 Å². The van der Waals surface area contributed by atoms with E-state index in [1.165, 1.54) is 13.2 Å². The number of esters is 1. The van der Waals surface area contributed by atoms with Gasteiger partial charge in [0.05, 0.1) is 12.7 Å². The molecule has 6 heteroatoms. The van der Waals surface area contributed by atoms with E-state index in [2.05, 4.69) is 15.4 Å². The van der Waals surface area contributed by atoms with E-state index in [9.17, 15) is 14.4 Å². The number of aryl methyl sites for hydroxylation is 1. The van der Waals surface area contributed by atoms with Crippen LogP contribution in [0.4, 0.5) is 11.4 Å². The Morgan fingerprint density at radius 1 is 0.690 bits per heavy atom. The van der Waals surface area contributed by atoms with E-state index in [0.717, 1.165) is 5.56 Å². The van der Waals surface area contributed by atoms with Crippen molar-refractivity contribution in [2.24, 2.45) is 0 Å². The molecule has 0 unspecified atom stereocenters. The second-order valence-electron chi connectivity index (χ2n) is 6.43. The van der Waals surface area contributed by atoms with Crippen LogP contribution in [0.25, 0.3) is 0 Å². The van der Waals surface area contributed by atoms with Gasteiger partial charge >= 0.3 is 5.97 Å². The van der Waals surface area contributed by atoms with Crippen LogP contribution in [0.15, 0.2) is 72.8 Å². The van der Waals surface area contributed by atoms with Crippen molar-refractivity contribution in [3.8, 4) is 0 Å². The monoisotopic (exact) mass is 388 g/mol. The third-order valence-corrected chi connectivity index (χ3v) is 4.23. The maximum atomic E-state index is 12.5. The van der Waals surface area contributed by atoms with Crippen molar-refractivity contribution >= 4 is 29.2 Å². The normalized spacial score (nSPS) is 10.1. The van der Waals surface area contributed by atoms with Gasteiger partial charge in [-0.05, 0) is 67.1 Å². The Kier molecular flexibility index (Phi) is 6.04. The van der Waals surface area contributed by atoms with Gasteiger partial charge in [-0.3, -0.25) is 9.59 Å². The molecule has 0 saturated heterocycles. The first-order valence-corrected chi connectivity index (χ1v) is 8.94. The summed E-state index contributed by atoms with van der Waals surface area (Å²) in [6.07, 6.45) is 0. The molecule has 0 radical (unpaired) electrons. The van der Waals surface area contributed by atoms with Crippen LogP contribution in [0.5, 0.6) is 0 Å². The predicted octanol–water partition coefficient (Wildman–Crippen LogP) is 4.29. The number of methoxy groups -OCH3 is 1. The van der Waals surface area contributed by atoms with E-state index in [1.54, 1.807) is 48.5 Å². The summed E-state index contributed by atoms with van der Waals surface area (Å²) in [6.45, 7) is 1.94. The van der Waals surface area contributed by atoms with Gasteiger partial charge in [0.25, 0.3) is 11.8 Å². The largest absolute Gasteiger partial charge is 0.465 e. The Bertz CT molecular complexity index is 1060. The van der Waals surface area contributed by atoms with Gasteiger partial charge in [-0.25, -0.2) is 4.79 Å². The minimum atomic E-state index is -0.449. The molecule has 0 spiro atoms. The fourth-order valence-electron chi connectivity index (χ4n) is 2.74. The molecule has 0 aliphatic heterocycles. The quantitative estimate of drug-likeness (QED) is 0.639.